The number of carboxylic acids is 1. The molecule has 5 heteroatoms. The predicted octanol–water partition coefficient (Wildman–Crippen LogP) is 2.55. The number of carbonyl (C=O) groups is 1. The first kappa shape index (κ1) is 10.6. The lowest BCUT2D eigenvalue weighted by atomic mass is 10.1. The van der Waals surface area contributed by atoms with Crippen LogP contribution in [0.5, 0.6) is 0 Å². The molecule has 1 aromatic heterocycles. The van der Waals surface area contributed by atoms with Crippen molar-refractivity contribution in [1.82, 2.24) is 4.98 Å². The zero-order valence-electron chi connectivity index (χ0n) is 8.60. The second-order valence-corrected chi connectivity index (χ2v) is 4.12. The lowest BCUT2D eigenvalue weighted by Gasteiger charge is -1.97. The third kappa shape index (κ3) is 1.90. The molecule has 2 aromatic rings. The van der Waals surface area contributed by atoms with E-state index in [9.17, 15) is 4.79 Å². The topological polar surface area (TPSA) is 62.2 Å². The fraction of sp³-hybridized carbons (Fsp3) is 0.0909. The van der Waals surface area contributed by atoms with Gasteiger partial charge in [0.25, 0.3) is 0 Å². The van der Waals surface area contributed by atoms with Gasteiger partial charge in [0.05, 0.1) is 5.69 Å². The zero-order valence-corrected chi connectivity index (χ0v) is 9.41. The largest absolute Gasteiger partial charge is 0.477 e. The summed E-state index contributed by atoms with van der Waals surface area (Å²) < 4.78 is 0. The Balaban J connectivity index is 2.55. The van der Waals surface area contributed by atoms with E-state index >= 15 is 0 Å². The van der Waals surface area contributed by atoms with Crippen LogP contribution in [0.1, 0.15) is 9.67 Å². The van der Waals surface area contributed by atoms with Crippen LogP contribution in [0.15, 0.2) is 30.3 Å². The van der Waals surface area contributed by atoms with Gasteiger partial charge < -0.3 is 10.4 Å². The highest BCUT2D eigenvalue weighted by atomic mass is 32.1. The molecule has 0 spiro atoms. The minimum absolute atomic E-state index is 0.260. The molecule has 0 fully saturated rings. The average Bonchev–Trinajstić information content (AvgIpc) is 2.74. The molecule has 0 aliphatic rings. The summed E-state index contributed by atoms with van der Waals surface area (Å²) in [4.78, 5) is 15.6. The molecule has 1 heterocycles. The number of aromatic nitrogens is 1. The van der Waals surface area contributed by atoms with Crippen LogP contribution >= 0.6 is 11.3 Å². The second-order valence-electron chi connectivity index (χ2n) is 3.12. The third-order valence-corrected chi connectivity index (χ3v) is 3.14. The maximum atomic E-state index is 11.1. The van der Waals surface area contributed by atoms with Crippen LogP contribution in [-0.4, -0.2) is 23.1 Å². The minimum atomic E-state index is -0.946. The predicted molar refractivity (Wildman–Crippen MR) is 64.1 cm³/mol. The molecule has 4 nitrogen and oxygen atoms in total. The van der Waals surface area contributed by atoms with E-state index in [0.29, 0.717) is 10.8 Å². The van der Waals surface area contributed by atoms with Gasteiger partial charge in [-0.3, -0.25) is 0 Å². The van der Waals surface area contributed by atoms with Crippen molar-refractivity contribution in [1.29, 1.82) is 0 Å². The number of nitrogens with zero attached hydrogens (tertiary/aromatic N) is 1. The summed E-state index contributed by atoms with van der Waals surface area (Å²) in [6, 6.07) is 9.30. The first-order valence-corrected chi connectivity index (χ1v) is 5.51. The molecule has 0 bridgehead atoms. The summed E-state index contributed by atoms with van der Waals surface area (Å²) >= 11 is 1.14. The Morgan fingerprint density at radius 3 is 2.62 bits per heavy atom. The Morgan fingerprint density at radius 1 is 1.38 bits per heavy atom. The fourth-order valence-electron chi connectivity index (χ4n) is 1.36. The molecule has 0 amide bonds. The first-order valence-electron chi connectivity index (χ1n) is 4.69. The molecule has 0 saturated heterocycles. The standard InChI is InChI=1S/C11H10N2O2S/c1-12-11-13-8(9(16-11)10(14)15)7-5-3-2-4-6-7/h2-6H,1H3,(H,12,13)(H,14,15). The summed E-state index contributed by atoms with van der Waals surface area (Å²) in [5, 5.41) is 12.5. The van der Waals surface area contributed by atoms with Gasteiger partial charge in [-0.2, -0.15) is 0 Å². The highest BCUT2D eigenvalue weighted by Crippen LogP contribution is 2.30. The van der Waals surface area contributed by atoms with E-state index in [1.165, 1.54) is 0 Å². The molecular weight excluding hydrogens is 224 g/mol. The summed E-state index contributed by atoms with van der Waals surface area (Å²) in [7, 11) is 1.72. The van der Waals surface area contributed by atoms with Gasteiger partial charge in [0, 0.05) is 12.6 Å². The molecule has 2 rings (SSSR count). The van der Waals surface area contributed by atoms with Crippen molar-refractivity contribution in [3.05, 3.63) is 35.2 Å². The van der Waals surface area contributed by atoms with Crippen molar-refractivity contribution < 1.29 is 9.90 Å². The summed E-state index contributed by atoms with van der Waals surface area (Å²) in [5.74, 6) is -0.946. The molecule has 0 aliphatic carbocycles. The van der Waals surface area contributed by atoms with Crippen molar-refractivity contribution in [2.24, 2.45) is 0 Å². The Kier molecular flexibility index (Phi) is 2.87. The molecule has 1 aromatic carbocycles. The molecule has 2 N–H and O–H groups in total. The van der Waals surface area contributed by atoms with Crippen LogP contribution in [0.2, 0.25) is 0 Å². The van der Waals surface area contributed by atoms with Gasteiger partial charge in [-0.05, 0) is 0 Å². The van der Waals surface area contributed by atoms with Crippen LogP contribution in [0.25, 0.3) is 11.3 Å². The SMILES string of the molecule is CNc1nc(-c2ccccc2)c(C(=O)O)s1. The lowest BCUT2D eigenvalue weighted by molar-refractivity contribution is 0.0702. The van der Waals surface area contributed by atoms with E-state index in [1.807, 2.05) is 30.3 Å². The van der Waals surface area contributed by atoms with Crippen LogP contribution in [0.3, 0.4) is 0 Å². The second kappa shape index (κ2) is 4.32. The first-order chi connectivity index (χ1) is 7.72. The summed E-state index contributed by atoms with van der Waals surface area (Å²) in [5.41, 5.74) is 1.33. The Labute approximate surface area is 96.6 Å². The number of hydrogen-bond acceptors (Lipinski definition) is 4. The van der Waals surface area contributed by atoms with Gasteiger partial charge in [-0.15, -0.1) is 0 Å². The lowest BCUT2D eigenvalue weighted by Crippen LogP contribution is -1.95. The molecule has 0 radical (unpaired) electrons. The number of rotatable bonds is 3. The van der Waals surface area contributed by atoms with Crippen molar-refractivity contribution >= 4 is 22.4 Å². The minimum Gasteiger partial charge on any atom is -0.477 e. The molecule has 16 heavy (non-hydrogen) atoms. The maximum absolute atomic E-state index is 11.1. The van der Waals surface area contributed by atoms with Crippen molar-refractivity contribution in [2.45, 2.75) is 0 Å². The van der Waals surface area contributed by atoms with Gasteiger partial charge >= 0.3 is 5.97 Å². The number of aromatic carboxylic acids is 1. The van der Waals surface area contributed by atoms with E-state index in [2.05, 4.69) is 10.3 Å². The average molecular weight is 234 g/mol. The van der Waals surface area contributed by atoms with Gasteiger partial charge in [0.2, 0.25) is 0 Å². The van der Waals surface area contributed by atoms with E-state index in [4.69, 9.17) is 5.11 Å². The van der Waals surface area contributed by atoms with Gasteiger partial charge in [0.1, 0.15) is 4.88 Å². The smallest absolute Gasteiger partial charge is 0.348 e. The molecular formula is C11H10N2O2S. The van der Waals surface area contributed by atoms with Crippen molar-refractivity contribution in [3.8, 4) is 11.3 Å². The Bertz CT molecular complexity index is 508. The number of hydrogen-bond donors (Lipinski definition) is 2. The summed E-state index contributed by atoms with van der Waals surface area (Å²) in [6.45, 7) is 0. The van der Waals surface area contributed by atoms with Crippen LogP contribution in [0, 0.1) is 0 Å². The molecule has 0 aliphatic heterocycles. The molecule has 0 saturated carbocycles. The van der Waals surface area contributed by atoms with E-state index in [-0.39, 0.29) is 4.88 Å². The maximum Gasteiger partial charge on any atom is 0.348 e. The van der Waals surface area contributed by atoms with Gasteiger partial charge in [-0.1, -0.05) is 41.7 Å². The monoisotopic (exact) mass is 234 g/mol. The van der Waals surface area contributed by atoms with Gasteiger partial charge in [0.15, 0.2) is 5.13 Å². The third-order valence-electron chi connectivity index (χ3n) is 2.08. The van der Waals surface area contributed by atoms with E-state index in [1.54, 1.807) is 7.05 Å². The summed E-state index contributed by atoms with van der Waals surface area (Å²) in [6.07, 6.45) is 0. The highest BCUT2D eigenvalue weighted by Gasteiger charge is 2.17. The van der Waals surface area contributed by atoms with E-state index in [0.717, 1.165) is 16.9 Å². The molecule has 82 valence electrons. The Hall–Kier alpha value is -1.88. The van der Waals surface area contributed by atoms with Crippen LogP contribution in [0.4, 0.5) is 5.13 Å². The number of carboxylic acid groups (broad SMARTS) is 1. The number of anilines is 1. The highest BCUT2D eigenvalue weighted by molar-refractivity contribution is 7.17. The molecule has 0 unspecified atom stereocenters. The van der Waals surface area contributed by atoms with Gasteiger partial charge in [-0.25, -0.2) is 9.78 Å². The van der Waals surface area contributed by atoms with Crippen LogP contribution in [-0.2, 0) is 0 Å². The normalized spacial score (nSPS) is 10.1. The van der Waals surface area contributed by atoms with Crippen molar-refractivity contribution in [3.63, 3.8) is 0 Å². The number of nitrogens with one attached hydrogen (secondary N) is 1. The fourth-order valence-corrected chi connectivity index (χ4v) is 2.14. The van der Waals surface area contributed by atoms with Crippen molar-refractivity contribution in [2.75, 3.05) is 12.4 Å². The molecule has 0 atom stereocenters. The number of thiazole rings is 1. The number of benzene rings is 1. The quantitative estimate of drug-likeness (QED) is 0.856. The van der Waals surface area contributed by atoms with Crippen LogP contribution < -0.4 is 5.32 Å². The Morgan fingerprint density at radius 2 is 2.06 bits per heavy atom. The van der Waals surface area contributed by atoms with E-state index < -0.39 is 5.97 Å². The zero-order chi connectivity index (χ0) is 11.5.